The SMILES string of the molecule is CC1(C)c2c(c3ccccc3c3ccccc23)-c2ccc3c4ccccc4n(-c4cccc(-c5cccc(-c6nc(-c7ccccc7)cc(-c7ccccc7)n6)c5)c4)c3c21. The summed E-state index contributed by atoms with van der Waals surface area (Å²) in [6, 6.07) is 72.1. The fourth-order valence-electron chi connectivity index (χ4n) is 10.1. The molecule has 0 amide bonds. The molecule has 0 saturated carbocycles. The average Bonchev–Trinajstić information content (AvgIpc) is 3.78. The van der Waals surface area contributed by atoms with E-state index < -0.39 is 0 Å². The fourth-order valence-corrected chi connectivity index (χ4v) is 10.1. The second-order valence-corrected chi connectivity index (χ2v) is 16.5. The minimum Gasteiger partial charge on any atom is -0.309 e. The molecule has 1 aliphatic rings. The molecule has 0 fully saturated rings. The second-order valence-electron chi connectivity index (χ2n) is 16.5. The summed E-state index contributed by atoms with van der Waals surface area (Å²) in [6.45, 7) is 4.86. The van der Waals surface area contributed by atoms with E-state index in [4.69, 9.17) is 9.97 Å². The molecule has 0 spiro atoms. The van der Waals surface area contributed by atoms with E-state index in [2.05, 4.69) is 206 Å². The first-order valence-electron chi connectivity index (χ1n) is 20.7. The third kappa shape index (κ3) is 5.15. The largest absolute Gasteiger partial charge is 0.309 e. The summed E-state index contributed by atoms with van der Waals surface area (Å²) in [5.74, 6) is 0.702. The van der Waals surface area contributed by atoms with E-state index in [1.54, 1.807) is 0 Å². The smallest absolute Gasteiger partial charge is 0.160 e. The number of aromatic nitrogens is 3. The van der Waals surface area contributed by atoms with Gasteiger partial charge in [-0.05, 0) is 85.3 Å². The predicted octanol–water partition coefficient (Wildman–Crippen LogP) is 14.9. The van der Waals surface area contributed by atoms with Crippen molar-refractivity contribution >= 4 is 43.4 Å². The van der Waals surface area contributed by atoms with Crippen molar-refractivity contribution in [3.05, 3.63) is 211 Å². The van der Waals surface area contributed by atoms with Gasteiger partial charge in [0.15, 0.2) is 5.82 Å². The van der Waals surface area contributed by atoms with Crippen LogP contribution in [-0.4, -0.2) is 14.5 Å². The number of fused-ring (bicyclic) bond motifs is 12. The molecular weight excluding hydrogens is 727 g/mol. The Morgan fingerprint density at radius 1 is 0.383 bits per heavy atom. The molecule has 0 atom stereocenters. The number of hydrogen-bond donors (Lipinski definition) is 0. The van der Waals surface area contributed by atoms with Crippen LogP contribution in [0.25, 0.3) is 105 Å². The van der Waals surface area contributed by atoms with Crippen molar-refractivity contribution in [1.29, 1.82) is 0 Å². The van der Waals surface area contributed by atoms with Crippen molar-refractivity contribution in [2.24, 2.45) is 0 Å². The van der Waals surface area contributed by atoms with Gasteiger partial charge in [-0.25, -0.2) is 9.97 Å². The molecule has 282 valence electrons. The highest BCUT2D eigenvalue weighted by Crippen LogP contribution is 2.57. The van der Waals surface area contributed by atoms with Gasteiger partial charge in [0, 0.05) is 38.6 Å². The van der Waals surface area contributed by atoms with Crippen LogP contribution in [0.5, 0.6) is 0 Å². The van der Waals surface area contributed by atoms with Crippen LogP contribution in [0.15, 0.2) is 200 Å². The zero-order valence-corrected chi connectivity index (χ0v) is 33.4. The molecule has 0 aliphatic heterocycles. The molecule has 11 aromatic rings. The Morgan fingerprint density at radius 2 is 0.917 bits per heavy atom. The molecule has 60 heavy (non-hydrogen) atoms. The number of benzene rings is 9. The molecule has 0 N–H and O–H groups in total. The van der Waals surface area contributed by atoms with E-state index in [1.807, 2.05) is 12.1 Å². The van der Waals surface area contributed by atoms with Crippen LogP contribution >= 0.6 is 0 Å². The summed E-state index contributed by atoms with van der Waals surface area (Å²) in [4.78, 5) is 10.3. The van der Waals surface area contributed by atoms with E-state index in [-0.39, 0.29) is 5.41 Å². The molecule has 3 heteroatoms. The normalized spacial score (nSPS) is 13.0. The minimum atomic E-state index is -0.265. The topological polar surface area (TPSA) is 30.7 Å². The van der Waals surface area contributed by atoms with Gasteiger partial charge in [-0.15, -0.1) is 0 Å². The van der Waals surface area contributed by atoms with Crippen molar-refractivity contribution in [2.45, 2.75) is 19.3 Å². The van der Waals surface area contributed by atoms with Gasteiger partial charge in [-0.3, -0.25) is 0 Å². The Labute approximate surface area is 348 Å². The van der Waals surface area contributed by atoms with Gasteiger partial charge in [0.25, 0.3) is 0 Å². The fraction of sp³-hybridized carbons (Fsp3) is 0.0526. The van der Waals surface area contributed by atoms with Gasteiger partial charge in [-0.1, -0.05) is 184 Å². The molecule has 2 heterocycles. The van der Waals surface area contributed by atoms with Crippen molar-refractivity contribution in [2.75, 3.05) is 0 Å². The number of nitrogens with zero attached hydrogens (tertiary/aromatic N) is 3. The maximum Gasteiger partial charge on any atom is 0.160 e. The lowest BCUT2D eigenvalue weighted by atomic mass is 9.78. The molecular formula is C57H39N3. The van der Waals surface area contributed by atoms with Gasteiger partial charge in [0.2, 0.25) is 0 Å². The van der Waals surface area contributed by atoms with Crippen molar-refractivity contribution < 1.29 is 0 Å². The Balaban J connectivity index is 1.05. The van der Waals surface area contributed by atoms with E-state index in [9.17, 15) is 0 Å². The van der Waals surface area contributed by atoms with Crippen LogP contribution in [0.4, 0.5) is 0 Å². The molecule has 2 aromatic heterocycles. The Morgan fingerprint density at radius 3 is 1.62 bits per heavy atom. The van der Waals surface area contributed by atoms with Crippen LogP contribution in [0.1, 0.15) is 25.0 Å². The molecule has 0 saturated heterocycles. The quantitative estimate of drug-likeness (QED) is 0.163. The molecule has 3 nitrogen and oxygen atoms in total. The summed E-state index contributed by atoms with van der Waals surface area (Å²) >= 11 is 0. The molecule has 12 rings (SSSR count). The highest BCUT2D eigenvalue weighted by molar-refractivity contribution is 6.21. The summed E-state index contributed by atoms with van der Waals surface area (Å²) in [7, 11) is 0. The Kier molecular flexibility index (Phi) is 7.58. The summed E-state index contributed by atoms with van der Waals surface area (Å²) < 4.78 is 2.52. The number of rotatable bonds is 5. The molecule has 1 aliphatic carbocycles. The molecule has 9 aromatic carbocycles. The van der Waals surface area contributed by atoms with Crippen LogP contribution in [0.3, 0.4) is 0 Å². The monoisotopic (exact) mass is 765 g/mol. The standard InChI is InChI=1S/C57H39N3/c1-57(2)53-46-29-12-10-26-43(46)42-25-9-11-28-45(42)52(53)48-32-31-47-44-27-13-14-30-51(44)60(55(47)54(48)57)41-24-16-22-39(34-41)38-21-15-23-40(33-38)56-58-49(36-17-5-3-6-18-36)35-50(59-56)37-19-7-4-8-20-37/h3-35H,1-2H3. The Hall–Kier alpha value is -7.62. The summed E-state index contributed by atoms with van der Waals surface area (Å²) in [5.41, 5.74) is 16.0. The minimum absolute atomic E-state index is 0.265. The first-order chi connectivity index (χ1) is 29.5. The number of hydrogen-bond acceptors (Lipinski definition) is 2. The lowest BCUT2D eigenvalue weighted by molar-refractivity contribution is 0.670. The van der Waals surface area contributed by atoms with E-state index in [1.165, 1.54) is 65.6 Å². The highest BCUT2D eigenvalue weighted by Gasteiger charge is 2.41. The van der Waals surface area contributed by atoms with E-state index >= 15 is 0 Å². The Bertz CT molecular complexity index is 3450. The third-order valence-corrected chi connectivity index (χ3v) is 12.7. The van der Waals surface area contributed by atoms with Gasteiger partial charge < -0.3 is 4.57 Å². The second kappa shape index (κ2) is 13.2. The van der Waals surface area contributed by atoms with Gasteiger partial charge in [0.05, 0.1) is 22.4 Å². The first kappa shape index (κ1) is 34.4. The van der Waals surface area contributed by atoms with Crippen LogP contribution in [0, 0.1) is 0 Å². The summed E-state index contributed by atoms with van der Waals surface area (Å²) in [5, 5.41) is 7.80. The predicted molar refractivity (Wildman–Crippen MR) is 251 cm³/mol. The highest BCUT2D eigenvalue weighted by atomic mass is 15.0. The maximum atomic E-state index is 5.15. The van der Waals surface area contributed by atoms with Crippen LogP contribution in [-0.2, 0) is 5.41 Å². The maximum absolute atomic E-state index is 5.15. The summed E-state index contributed by atoms with van der Waals surface area (Å²) in [6.07, 6.45) is 0. The lowest BCUT2D eigenvalue weighted by Gasteiger charge is -2.25. The van der Waals surface area contributed by atoms with Gasteiger partial charge in [-0.2, -0.15) is 0 Å². The van der Waals surface area contributed by atoms with E-state index in [0.717, 1.165) is 44.9 Å². The van der Waals surface area contributed by atoms with E-state index in [0.29, 0.717) is 5.82 Å². The molecule has 0 bridgehead atoms. The average molecular weight is 766 g/mol. The third-order valence-electron chi connectivity index (χ3n) is 12.7. The van der Waals surface area contributed by atoms with Gasteiger partial charge in [0.1, 0.15) is 0 Å². The number of para-hydroxylation sites is 1. The first-order valence-corrected chi connectivity index (χ1v) is 20.7. The lowest BCUT2D eigenvalue weighted by Crippen LogP contribution is -2.17. The van der Waals surface area contributed by atoms with Gasteiger partial charge >= 0.3 is 0 Å². The van der Waals surface area contributed by atoms with Crippen LogP contribution in [0.2, 0.25) is 0 Å². The molecule has 0 unspecified atom stereocenters. The van der Waals surface area contributed by atoms with Crippen molar-refractivity contribution in [3.8, 4) is 61.8 Å². The molecule has 0 radical (unpaired) electrons. The van der Waals surface area contributed by atoms with Crippen molar-refractivity contribution in [1.82, 2.24) is 14.5 Å². The zero-order chi connectivity index (χ0) is 40.0. The zero-order valence-electron chi connectivity index (χ0n) is 33.4. The van der Waals surface area contributed by atoms with Crippen molar-refractivity contribution in [3.63, 3.8) is 0 Å². The van der Waals surface area contributed by atoms with Crippen LogP contribution < -0.4 is 0 Å².